The molecule has 0 aliphatic carbocycles. The van der Waals surface area contributed by atoms with Gasteiger partial charge in [0.05, 0.1) is 48.1 Å². The van der Waals surface area contributed by atoms with Gasteiger partial charge < -0.3 is 32.7 Å². The molecule has 5 atom stereocenters. The molecular formula is C33H43N8O12P. The number of nitrogens with one attached hydrogen (secondary N) is 2. The van der Waals surface area contributed by atoms with Crippen LogP contribution in [0.3, 0.4) is 0 Å². The van der Waals surface area contributed by atoms with Crippen LogP contribution in [0.15, 0.2) is 23.3 Å². The molecule has 20 nitrogen and oxygen atoms in total. The van der Waals surface area contributed by atoms with Crippen LogP contribution in [-0.2, 0) is 28.1 Å². The Morgan fingerprint density at radius 3 is 2.54 bits per heavy atom. The first-order valence-corrected chi connectivity index (χ1v) is 18.4. The second-order valence-corrected chi connectivity index (χ2v) is 14.7. The van der Waals surface area contributed by atoms with Crippen molar-refractivity contribution >= 4 is 43.4 Å². The van der Waals surface area contributed by atoms with Gasteiger partial charge in [0.25, 0.3) is 19.8 Å². The number of rotatable bonds is 16. The number of carbonyl (C=O) groups is 2. The molecule has 0 spiro atoms. The third-order valence-electron chi connectivity index (χ3n) is 8.37. The summed E-state index contributed by atoms with van der Waals surface area (Å²) in [4.78, 5) is 60.7. The fraction of sp³-hybridized carbons (Fsp3) is 0.576. The highest BCUT2D eigenvalue weighted by Gasteiger charge is 2.43. The predicted molar refractivity (Wildman–Crippen MR) is 190 cm³/mol. The lowest BCUT2D eigenvalue weighted by Gasteiger charge is -2.37. The van der Waals surface area contributed by atoms with Gasteiger partial charge in [-0.15, -0.1) is 0 Å². The average Bonchev–Trinajstić information content (AvgIpc) is 3.84. The number of H-pyrrole nitrogens is 1. The normalized spacial score (nSPS) is 19.0. The molecule has 2 unspecified atom stereocenters. The quantitative estimate of drug-likeness (QED) is 0.0623. The van der Waals surface area contributed by atoms with Crippen molar-refractivity contribution in [1.82, 2.24) is 24.2 Å². The van der Waals surface area contributed by atoms with Gasteiger partial charge in [-0.1, -0.05) is 13.8 Å². The Morgan fingerprint density at radius 1 is 1.19 bits per heavy atom. The van der Waals surface area contributed by atoms with E-state index in [1.54, 1.807) is 13.8 Å². The Bertz CT molecular complexity index is 1940. The second kappa shape index (κ2) is 17.5. The molecule has 0 radical (unpaired) electrons. The summed E-state index contributed by atoms with van der Waals surface area (Å²) in [6, 6.07) is 4.62. The van der Waals surface area contributed by atoms with Gasteiger partial charge in [-0.3, -0.25) is 34.6 Å². The smallest absolute Gasteiger partial charge is 0.454 e. The molecule has 1 fully saturated rings. The van der Waals surface area contributed by atoms with E-state index < -0.39 is 49.7 Å². The van der Waals surface area contributed by atoms with E-state index in [1.165, 1.54) is 30.0 Å². The minimum Gasteiger partial charge on any atom is -0.454 e. The second-order valence-electron chi connectivity index (χ2n) is 13.3. The first-order chi connectivity index (χ1) is 25.7. The van der Waals surface area contributed by atoms with Crippen molar-refractivity contribution in [2.24, 2.45) is 5.92 Å². The number of ether oxygens (including phenoxy) is 5. The molecule has 0 bridgehead atoms. The summed E-state index contributed by atoms with van der Waals surface area (Å²) in [5.41, 5.74) is -0.712. The highest BCUT2D eigenvalue weighted by atomic mass is 31.2. The maximum absolute atomic E-state index is 13.1. The van der Waals surface area contributed by atoms with E-state index in [1.807, 2.05) is 32.4 Å². The Morgan fingerprint density at radius 2 is 1.89 bits per heavy atom. The molecule has 0 saturated carbocycles. The monoisotopic (exact) mass is 774 g/mol. The van der Waals surface area contributed by atoms with Crippen molar-refractivity contribution in [2.45, 2.75) is 97.9 Å². The molecule has 3 aromatic rings. The summed E-state index contributed by atoms with van der Waals surface area (Å²) in [7, 11) is -1.77. The topological polar surface area (TPSA) is 245 Å². The van der Waals surface area contributed by atoms with E-state index in [-0.39, 0.29) is 96.6 Å². The molecule has 1 amide bonds. The highest BCUT2D eigenvalue weighted by Crippen LogP contribution is 2.50. The van der Waals surface area contributed by atoms with Crippen molar-refractivity contribution in [2.75, 3.05) is 25.3 Å². The number of nitro groups is 1. The minimum absolute atomic E-state index is 0.00127. The van der Waals surface area contributed by atoms with E-state index in [9.17, 15) is 29.8 Å². The van der Waals surface area contributed by atoms with Crippen LogP contribution in [0.4, 0.5) is 16.4 Å². The Hall–Kier alpha value is -4.93. The number of hydrogen-bond acceptors (Lipinski definition) is 16. The third-order valence-corrected chi connectivity index (χ3v) is 10.5. The lowest BCUT2D eigenvalue weighted by atomic mass is 10.1. The molecule has 5 rings (SSSR count). The number of aromatic nitrogens is 4. The molecule has 21 heteroatoms. The zero-order valence-electron chi connectivity index (χ0n) is 30.8. The van der Waals surface area contributed by atoms with E-state index in [4.69, 9.17) is 32.7 Å². The molecular weight excluding hydrogens is 731 g/mol. The van der Waals surface area contributed by atoms with Crippen LogP contribution < -0.4 is 20.3 Å². The number of benzene rings is 1. The number of aromatic amines is 1. The Kier molecular flexibility index (Phi) is 13.0. The number of imidazole rings is 1. The van der Waals surface area contributed by atoms with Crippen LogP contribution in [0.1, 0.15) is 79.2 Å². The molecule has 2 aliphatic rings. The summed E-state index contributed by atoms with van der Waals surface area (Å²) in [6.07, 6.45) is -3.13. The van der Waals surface area contributed by atoms with Crippen LogP contribution in [0.2, 0.25) is 0 Å². The number of carbonyl (C=O) groups excluding carboxylic acids is 2. The van der Waals surface area contributed by atoms with E-state index in [2.05, 4.69) is 26.3 Å². The van der Waals surface area contributed by atoms with E-state index in [0.29, 0.717) is 0 Å². The summed E-state index contributed by atoms with van der Waals surface area (Å²) < 4.78 is 44.2. The molecule has 1 aromatic carbocycles. The summed E-state index contributed by atoms with van der Waals surface area (Å²) in [5.74, 6) is -0.335. The number of fused-ring (bicyclic) bond motifs is 2. The van der Waals surface area contributed by atoms with Crippen LogP contribution in [0, 0.1) is 27.4 Å². The van der Waals surface area contributed by atoms with Gasteiger partial charge in [0.1, 0.15) is 25.0 Å². The average molecular weight is 775 g/mol. The van der Waals surface area contributed by atoms with Crippen LogP contribution in [0.25, 0.3) is 11.2 Å². The minimum atomic E-state index is -1.77. The number of hydrogen-bond donors (Lipinski definition) is 2. The fourth-order valence-electron chi connectivity index (χ4n) is 5.82. The number of anilines is 1. The predicted octanol–water partition coefficient (Wildman–Crippen LogP) is 5.21. The van der Waals surface area contributed by atoms with Gasteiger partial charge in [0.15, 0.2) is 22.7 Å². The number of amides is 1. The summed E-state index contributed by atoms with van der Waals surface area (Å²) in [5, 5.41) is 23.6. The van der Waals surface area contributed by atoms with Crippen molar-refractivity contribution in [3.63, 3.8) is 0 Å². The van der Waals surface area contributed by atoms with Crippen LogP contribution >= 0.6 is 8.53 Å². The first kappa shape index (κ1) is 40.3. The maximum atomic E-state index is 13.1. The summed E-state index contributed by atoms with van der Waals surface area (Å²) >= 11 is 0. The largest absolute Gasteiger partial charge is 0.508 e. The SMILES string of the molecule is CC(C)C(=O)Nc1nc2c(ncn2[C@H]2C[C@H](OP(OCCC#N)N(C(C)C)C(C)C)[C@@H](COC(=O)OC(C)c3cc4c(cc3[N+](=O)[O-])OCO4)O2)c(=O)[nH]1. The number of nitro benzene ring substituents is 1. The molecule has 2 aliphatic heterocycles. The molecule has 292 valence electrons. The Balaban J connectivity index is 1.40. The van der Waals surface area contributed by atoms with Crippen molar-refractivity contribution in [1.29, 1.82) is 5.26 Å². The van der Waals surface area contributed by atoms with E-state index >= 15 is 0 Å². The highest BCUT2D eigenvalue weighted by molar-refractivity contribution is 7.44. The van der Waals surface area contributed by atoms with Gasteiger partial charge in [-0.05, 0) is 40.7 Å². The fourth-order valence-corrected chi connectivity index (χ4v) is 7.58. The van der Waals surface area contributed by atoms with Gasteiger partial charge >= 0.3 is 6.16 Å². The molecule has 2 N–H and O–H groups in total. The van der Waals surface area contributed by atoms with Crippen molar-refractivity contribution < 1.29 is 47.2 Å². The first-order valence-electron chi connectivity index (χ1n) is 17.3. The zero-order valence-corrected chi connectivity index (χ0v) is 31.7. The van der Waals surface area contributed by atoms with Crippen molar-refractivity contribution in [3.8, 4) is 17.6 Å². The standard InChI is InChI=1S/C33H43N8O12P/c1-17(2)30(42)37-32-36-29-28(31(43)38-32)35-15-39(29)27-13-25(53-54(50-10-8-9-34)40(18(3)4)19(5)6)26(52-27)14-47-33(44)51-20(7)21-11-23-24(49-16-48-23)12-22(21)41(45)46/h11-12,15,17-20,25-27H,8,10,13-14,16H2,1-7H3,(H2,36,37,38,42,43)/t20?,25-,26+,27+,54?/m0/s1. The third kappa shape index (κ3) is 9.22. The van der Waals surface area contributed by atoms with Gasteiger partial charge in [-0.2, -0.15) is 10.2 Å². The molecule has 54 heavy (non-hydrogen) atoms. The van der Waals surface area contributed by atoms with E-state index in [0.717, 1.165) is 0 Å². The van der Waals surface area contributed by atoms with Gasteiger partial charge in [0, 0.05) is 24.4 Å². The lowest BCUT2D eigenvalue weighted by Crippen LogP contribution is -2.37. The molecule has 2 aromatic heterocycles. The number of nitrogens with zero attached hydrogens (tertiary/aromatic N) is 6. The lowest BCUT2D eigenvalue weighted by molar-refractivity contribution is -0.386. The molecule has 1 saturated heterocycles. The Labute approximate surface area is 311 Å². The maximum Gasteiger partial charge on any atom is 0.508 e. The number of nitriles is 1. The van der Waals surface area contributed by atoms with Crippen molar-refractivity contribution in [3.05, 3.63) is 44.5 Å². The van der Waals surface area contributed by atoms with Crippen LogP contribution in [0.5, 0.6) is 11.5 Å². The zero-order chi connectivity index (χ0) is 39.3. The summed E-state index contributed by atoms with van der Waals surface area (Å²) in [6.45, 7) is 12.4. The van der Waals surface area contributed by atoms with Crippen LogP contribution in [-0.4, -0.2) is 85.5 Å². The molecule has 4 heterocycles. The van der Waals surface area contributed by atoms with Gasteiger partial charge in [0.2, 0.25) is 18.6 Å². The van der Waals surface area contributed by atoms with Gasteiger partial charge in [-0.25, -0.2) is 14.4 Å².